The van der Waals surface area contributed by atoms with Crippen molar-refractivity contribution in [2.75, 3.05) is 0 Å². The van der Waals surface area contributed by atoms with Crippen LogP contribution in [0.25, 0.3) is 10.6 Å². The van der Waals surface area contributed by atoms with E-state index in [-0.39, 0.29) is 14.8 Å². The Morgan fingerprint density at radius 1 is 1.37 bits per heavy atom. The Hall–Kier alpha value is -1.39. The molecular weight excluding hydrogens is 305 g/mol. The fraction of sp³-hybridized carbons (Fsp3) is 0.222. The van der Waals surface area contributed by atoms with Gasteiger partial charge in [0.05, 0.1) is 10.6 Å². The van der Waals surface area contributed by atoms with Crippen molar-refractivity contribution in [2.24, 2.45) is 7.05 Å². The van der Waals surface area contributed by atoms with Gasteiger partial charge in [-0.25, -0.2) is 0 Å². The van der Waals surface area contributed by atoms with Gasteiger partial charge in [-0.3, -0.25) is 9.23 Å². The van der Waals surface area contributed by atoms with Crippen molar-refractivity contribution in [3.05, 3.63) is 23.9 Å². The molecule has 0 aromatic carbocycles. The van der Waals surface area contributed by atoms with Crippen molar-refractivity contribution in [2.45, 2.75) is 10.4 Å². The molecule has 0 aliphatic heterocycles. The monoisotopic (exact) mass is 312 g/mol. The number of thiophene rings is 1. The van der Waals surface area contributed by atoms with Crippen molar-refractivity contribution in [1.82, 2.24) is 9.78 Å². The van der Waals surface area contributed by atoms with E-state index in [1.165, 1.54) is 13.1 Å². The lowest BCUT2D eigenvalue weighted by molar-refractivity contribution is -0.141. The standard InChI is InChI=1S/C9H7F3N2O3S2/c1-14-5(4-7(13-14)9(10,11)12)6-2-3-8(18-6)19(15,16)17/h2-4H,1H3,(H,15,16,17). The predicted octanol–water partition coefficient (Wildman–Crippen LogP) is 2.41. The van der Waals surface area contributed by atoms with E-state index in [0.717, 1.165) is 16.8 Å². The van der Waals surface area contributed by atoms with Crippen LogP contribution >= 0.6 is 11.3 Å². The molecule has 0 aliphatic carbocycles. The number of aromatic nitrogens is 2. The first-order valence-corrected chi connectivity index (χ1v) is 7.03. The highest BCUT2D eigenvalue weighted by Gasteiger charge is 2.34. The largest absolute Gasteiger partial charge is 0.435 e. The van der Waals surface area contributed by atoms with E-state index in [2.05, 4.69) is 5.10 Å². The van der Waals surface area contributed by atoms with Gasteiger partial charge >= 0.3 is 16.3 Å². The molecule has 2 aromatic rings. The maximum absolute atomic E-state index is 12.5. The van der Waals surface area contributed by atoms with E-state index in [1.807, 2.05) is 0 Å². The highest BCUT2D eigenvalue weighted by Crippen LogP contribution is 2.34. The second-order valence-electron chi connectivity index (χ2n) is 3.63. The quantitative estimate of drug-likeness (QED) is 0.864. The van der Waals surface area contributed by atoms with Gasteiger partial charge in [-0.15, -0.1) is 11.3 Å². The maximum Gasteiger partial charge on any atom is 0.435 e. The molecule has 0 radical (unpaired) electrons. The van der Waals surface area contributed by atoms with Crippen LogP contribution in [0.4, 0.5) is 13.2 Å². The first-order valence-electron chi connectivity index (χ1n) is 4.78. The van der Waals surface area contributed by atoms with Gasteiger partial charge in [-0.2, -0.15) is 26.7 Å². The Labute approximate surface area is 110 Å². The summed E-state index contributed by atoms with van der Waals surface area (Å²) in [5, 5.41) is 3.32. The molecule has 0 amide bonds. The molecule has 10 heteroatoms. The number of hydrogen-bond acceptors (Lipinski definition) is 4. The van der Waals surface area contributed by atoms with Gasteiger partial charge in [0.15, 0.2) is 5.69 Å². The van der Waals surface area contributed by atoms with Crippen LogP contribution in [0.5, 0.6) is 0 Å². The molecule has 5 nitrogen and oxygen atoms in total. The minimum atomic E-state index is -4.57. The number of nitrogens with zero attached hydrogens (tertiary/aromatic N) is 2. The fourth-order valence-corrected chi connectivity index (χ4v) is 3.15. The van der Waals surface area contributed by atoms with Crippen LogP contribution in [0.15, 0.2) is 22.4 Å². The molecule has 2 aromatic heterocycles. The molecule has 104 valence electrons. The van der Waals surface area contributed by atoms with Crippen molar-refractivity contribution in [3.8, 4) is 10.6 Å². The summed E-state index contributed by atoms with van der Waals surface area (Å²) in [7, 11) is -3.04. The molecule has 0 unspecified atom stereocenters. The van der Waals surface area contributed by atoms with Crippen LogP contribution in [0.1, 0.15) is 5.69 Å². The van der Waals surface area contributed by atoms with Gasteiger partial charge < -0.3 is 0 Å². The number of aryl methyl sites for hydroxylation is 1. The topological polar surface area (TPSA) is 72.2 Å². The molecule has 2 rings (SSSR count). The Morgan fingerprint density at radius 3 is 2.42 bits per heavy atom. The zero-order chi connectivity index (χ0) is 14.4. The highest BCUT2D eigenvalue weighted by molar-refractivity contribution is 7.88. The first-order chi connectivity index (χ1) is 8.59. The predicted molar refractivity (Wildman–Crippen MR) is 61.3 cm³/mol. The lowest BCUT2D eigenvalue weighted by Gasteiger charge is -1.98. The summed E-state index contributed by atoms with van der Waals surface area (Å²) >= 11 is 0.665. The number of halogens is 3. The lowest BCUT2D eigenvalue weighted by atomic mass is 10.3. The van der Waals surface area contributed by atoms with Crippen LogP contribution in [-0.2, 0) is 23.3 Å². The first kappa shape index (κ1) is 14.0. The second kappa shape index (κ2) is 4.32. The minimum absolute atomic E-state index is 0.118. The van der Waals surface area contributed by atoms with Crippen LogP contribution in [0, 0.1) is 0 Å². The molecule has 0 saturated heterocycles. The van der Waals surface area contributed by atoms with Crippen molar-refractivity contribution >= 4 is 21.5 Å². The van der Waals surface area contributed by atoms with Gasteiger partial charge in [-0.05, 0) is 18.2 Å². The van der Waals surface area contributed by atoms with Gasteiger partial charge in [0.2, 0.25) is 0 Å². The summed E-state index contributed by atoms with van der Waals surface area (Å²) in [5.74, 6) is 0. The molecule has 0 aliphatic rings. The number of alkyl halides is 3. The molecular formula is C9H7F3N2O3S2. The van der Waals surface area contributed by atoms with Gasteiger partial charge in [0.1, 0.15) is 4.21 Å². The molecule has 19 heavy (non-hydrogen) atoms. The highest BCUT2D eigenvalue weighted by atomic mass is 32.3. The average Bonchev–Trinajstić information content (AvgIpc) is 2.80. The molecule has 2 heterocycles. The third-order valence-corrected chi connectivity index (χ3v) is 4.69. The van der Waals surface area contributed by atoms with Gasteiger partial charge in [0, 0.05) is 7.05 Å². The average molecular weight is 312 g/mol. The van der Waals surface area contributed by atoms with Crippen LogP contribution in [0.3, 0.4) is 0 Å². The molecule has 0 fully saturated rings. The number of rotatable bonds is 2. The van der Waals surface area contributed by atoms with Crippen LogP contribution in [0.2, 0.25) is 0 Å². The van der Waals surface area contributed by atoms with E-state index in [1.54, 1.807) is 0 Å². The lowest BCUT2D eigenvalue weighted by Crippen LogP contribution is -2.06. The summed E-state index contributed by atoms with van der Waals surface area (Å²) in [6.45, 7) is 0. The molecule has 0 bridgehead atoms. The van der Waals surface area contributed by atoms with E-state index in [4.69, 9.17) is 4.55 Å². The summed E-state index contributed by atoms with van der Waals surface area (Å²) in [6.07, 6.45) is -4.57. The molecule has 1 N–H and O–H groups in total. The zero-order valence-electron chi connectivity index (χ0n) is 9.34. The second-order valence-corrected chi connectivity index (χ2v) is 6.36. The molecule has 0 saturated carbocycles. The summed E-state index contributed by atoms with van der Waals surface area (Å²) < 4.78 is 68.7. The normalized spacial score (nSPS) is 12.9. The number of hydrogen-bond donors (Lipinski definition) is 1. The smallest absolute Gasteiger partial charge is 0.281 e. The minimum Gasteiger partial charge on any atom is -0.281 e. The van der Waals surface area contributed by atoms with Gasteiger partial charge in [0.25, 0.3) is 0 Å². The van der Waals surface area contributed by atoms with E-state index in [9.17, 15) is 21.6 Å². The third kappa shape index (κ3) is 2.80. The fourth-order valence-electron chi connectivity index (χ4n) is 1.43. The van der Waals surface area contributed by atoms with E-state index < -0.39 is 22.0 Å². The van der Waals surface area contributed by atoms with Crippen molar-refractivity contribution < 1.29 is 26.1 Å². The van der Waals surface area contributed by atoms with Crippen LogP contribution in [-0.4, -0.2) is 22.8 Å². The zero-order valence-corrected chi connectivity index (χ0v) is 11.0. The Bertz CT molecular complexity index is 715. The molecule has 0 atom stereocenters. The van der Waals surface area contributed by atoms with Gasteiger partial charge in [-0.1, -0.05) is 0 Å². The summed E-state index contributed by atoms with van der Waals surface area (Å²) in [6, 6.07) is 3.25. The SMILES string of the molecule is Cn1nc(C(F)(F)F)cc1-c1ccc(S(=O)(=O)O)s1. The molecule has 0 spiro atoms. The maximum atomic E-state index is 12.5. The summed E-state index contributed by atoms with van der Waals surface area (Å²) in [5.41, 5.74) is -0.945. The Morgan fingerprint density at radius 2 is 2.00 bits per heavy atom. The third-order valence-electron chi connectivity index (χ3n) is 2.26. The summed E-state index contributed by atoms with van der Waals surface area (Å²) in [4.78, 5) is 0.262. The van der Waals surface area contributed by atoms with Crippen LogP contribution < -0.4 is 0 Å². The van der Waals surface area contributed by atoms with Crippen molar-refractivity contribution in [1.29, 1.82) is 0 Å². The van der Waals surface area contributed by atoms with E-state index in [0.29, 0.717) is 11.3 Å². The van der Waals surface area contributed by atoms with Crippen molar-refractivity contribution in [3.63, 3.8) is 0 Å². The van der Waals surface area contributed by atoms with E-state index >= 15 is 0 Å². The Kier molecular flexibility index (Phi) is 3.19. The Balaban J connectivity index is 2.49.